The molecule has 0 aliphatic heterocycles. The second kappa shape index (κ2) is 32.4. The number of aliphatic carboxylic acids is 1. The highest BCUT2D eigenvalue weighted by atomic mass is 16.6. The number of carboxylic acids is 1. The highest BCUT2D eigenvalue weighted by Gasteiger charge is 2.21. The molecule has 0 aliphatic carbocycles. The van der Waals surface area contributed by atoms with Gasteiger partial charge in [-0.1, -0.05) is 152 Å². The van der Waals surface area contributed by atoms with Crippen LogP contribution >= 0.6 is 0 Å². The first-order valence-electron chi connectivity index (χ1n) is 17.1. The van der Waals surface area contributed by atoms with E-state index in [4.69, 9.17) is 4.74 Å². The number of hydrogen-bond donors (Lipinski definition) is 1. The topological polar surface area (TPSA) is 63.6 Å². The van der Waals surface area contributed by atoms with E-state index in [9.17, 15) is 14.7 Å². The second-order valence-corrected chi connectivity index (χ2v) is 11.3. The first-order chi connectivity index (χ1) is 20.1. The molecule has 1 unspecified atom stereocenters. The number of unbranched alkanes of at least 4 members (excludes halogenated alkanes) is 16. The minimum Gasteiger partial charge on any atom is -0.479 e. The number of carboxylic acid groups (broad SMARTS) is 1. The summed E-state index contributed by atoms with van der Waals surface area (Å²) in [5.41, 5.74) is 0. The lowest BCUT2D eigenvalue weighted by Gasteiger charge is -2.13. The lowest BCUT2D eigenvalue weighted by atomic mass is 10.0. The molecule has 4 heteroatoms. The van der Waals surface area contributed by atoms with Crippen LogP contribution in [0.1, 0.15) is 168 Å². The van der Waals surface area contributed by atoms with Gasteiger partial charge < -0.3 is 9.84 Å². The van der Waals surface area contributed by atoms with Crippen LogP contribution in [0.2, 0.25) is 0 Å². The minimum atomic E-state index is -1.03. The maximum Gasteiger partial charge on any atom is 0.345 e. The molecule has 0 fully saturated rings. The van der Waals surface area contributed by atoms with Crippen LogP contribution in [0, 0.1) is 0 Å². The van der Waals surface area contributed by atoms with Crippen molar-refractivity contribution in [3.05, 3.63) is 48.6 Å². The molecule has 0 aromatic rings. The summed E-state index contributed by atoms with van der Waals surface area (Å²) in [5, 5.41) is 9.43. The van der Waals surface area contributed by atoms with E-state index in [2.05, 4.69) is 62.5 Å². The molecule has 0 aromatic heterocycles. The number of carbonyl (C=O) groups is 2. The summed E-state index contributed by atoms with van der Waals surface area (Å²) in [4.78, 5) is 23.6. The van der Waals surface area contributed by atoms with Crippen LogP contribution in [0.3, 0.4) is 0 Å². The number of esters is 1. The molecule has 0 radical (unpaired) electrons. The van der Waals surface area contributed by atoms with Gasteiger partial charge in [-0.2, -0.15) is 0 Å². The monoisotopic (exact) mass is 572 g/mol. The van der Waals surface area contributed by atoms with E-state index in [1.54, 1.807) is 0 Å². The number of rotatable bonds is 30. The molecular formula is C37H64O4. The maximum atomic E-state index is 12.1. The fourth-order valence-electron chi connectivity index (χ4n) is 4.72. The van der Waals surface area contributed by atoms with Gasteiger partial charge in [0.2, 0.25) is 0 Å². The van der Waals surface area contributed by atoms with Gasteiger partial charge >= 0.3 is 11.9 Å². The summed E-state index contributed by atoms with van der Waals surface area (Å²) in [6.45, 7) is 4.49. The Labute approximate surface area is 253 Å². The molecular weight excluding hydrogens is 508 g/mol. The highest BCUT2D eigenvalue weighted by Crippen LogP contribution is 2.15. The molecule has 0 spiro atoms. The first-order valence-corrected chi connectivity index (χ1v) is 17.1. The molecule has 0 rings (SSSR count). The molecule has 0 heterocycles. The molecule has 1 N–H and O–H groups in total. The number of carbonyl (C=O) groups excluding carboxylic acids is 1. The molecule has 0 amide bonds. The van der Waals surface area contributed by atoms with Crippen molar-refractivity contribution in [3.8, 4) is 0 Å². The van der Waals surface area contributed by atoms with Gasteiger partial charge in [-0.15, -0.1) is 0 Å². The molecule has 1 atom stereocenters. The summed E-state index contributed by atoms with van der Waals surface area (Å²) in [5.74, 6) is -1.43. The van der Waals surface area contributed by atoms with Crippen molar-refractivity contribution >= 4 is 11.9 Å². The quantitative estimate of drug-likeness (QED) is 0.0528. The van der Waals surface area contributed by atoms with E-state index >= 15 is 0 Å². The van der Waals surface area contributed by atoms with Gasteiger partial charge in [-0.05, 0) is 57.8 Å². The van der Waals surface area contributed by atoms with Crippen molar-refractivity contribution in [2.45, 2.75) is 174 Å². The van der Waals surface area contributed by atoms with Crippen LogP contribution in [0.5, 0.6) is 0 Å². The van der Waals surface area contributed by atoms with E-state index in [1.807, 2.05) is 0 Å². The third-order valence-electron chi connectivity index (χ3n) is 7.33. The summed E-state index contributed by atoms with van der Waals surface area (Å²) in [6, 6.07) is 0. The van der Waals surface area contributed by atoms with Crippen LogP contribution < -0.4 is 0 Å². The Bertz CT molecular complexity index is 704. The highest BCUT2D eigenvalue weighted by molar-refractivity contribution is 5.77. The Morgan fingerprint density at radius 1 is 0.537 bits per heavy atom. The van der Waals surface area contributed by atoms with Crippen LogP contribution in [0.4, 0.5) is 0 Å². The van der Waals surface area contributed by atoms with Gasteiger partial charge in [0.25, 0.3) is 0 Å². The fraction of sp³-hybridized carbons (Fsp3) is 0.730. The Morgan fingerprint density at radius 2 is 0.927 bits per heavy atom. The Morgan fingerprint density at radius 3 is 1.39 bits per heavy atom. The number of ether oxygens (including phenoxy) is 1. The van der Waals surface area contributed by atoms with Crippen LogP contribution in [0.25, 0.3) is 0 Å². The SMILES string of the molecule is CCCCC/C=C\C/C=C\C/C=C\C/C=C\CCCC(=O)OC(CCCCCCCCCCCCCCC)C(=O)O. The number of hydrogen-bond acceptors (Lipinski definition) is 3. The summed E-state index contributed by atoms with van der Waals surface area (Å²) in [6.07, 6.45) is 42.8. The summed E-state index contributed by atoms with van der Waals surface area (Å²) < 4.78 is 5.26. The van der Waals surface area contributed by atoms with Gasteiger partial charge in [0.05, 0.1) is 0 Å². The van der Waals surface area contributed by atoms with Crippen LogP contribution in [-0.4, -0.2) is 23.1 Å². The van der Waals surface area contributed by atoms with Crippen molar-refractivity contribution in [2.24, 2.45) is 0 Å². The number of allylic oxidation sites excluding steroid dienone is 8. The largest absolute Gasteiger partial charge is 0.479 e. The molecule has 0 bridgehead atoms. The Kier molecular flexibility index (Phi) is 30.8. The molecule has 4 nitrogen and oxygen atoms in total. The van der Waals surface area contributed by atoms with E-state index in [1.165, 1.54) is 89.9 Å². The zero-order chi connectivity index (χ0) is 30.1. The van der Waals surface area contributed by atoms with Crippen molar-refractivity contribution in [3.63, 3.8) is 0 Å². The predicted molar refractivity (Wildman–Crippen MR) is 176 cm³/mol. The molecule has 0 saturated carbocycles. The van der Waals surface area contributed by atoms with E-state index in [0.29, 0.717) is 12.8 Å². The third-order valence-corrected chi connectivity index (χ3v) is 7.33. The molecule has 236 valence electrons. The fourth-order valence-corrected chi connectivity index (χ4v) is 4.72. The average molecular weight is 573 g/mol. The molecule has 0 saturated heterocycles. The zero-order valence-electron chi connectivity index (χ0n) is 26.8. The van der Waals surface area contributed by atoms with Crippen LogP contribution in [0.15, 0.2) is 48.6 Å². The third kappa shape index (κ3) is 30.7. The maximum absolute atomic E-state index is 12.1. The van der Waals surface area contributed by atoms with E-state index in [0.717, 1.165) is 44.9 Å². The van der Waals surface area contributed by atoms with Gasteiger partial charge in [0, 0.05) is 6.42 Å². The normalized spacial score (nSPS) is 12.8. The smallest absolute Gasteiger partial charge is 0.345 e. The summed E-state index contributed by atoms with van der Waals surface area (Å²) >= 11 is 0. The zero-order valence-corrected chi connectivity index (χ0v) is 26.8. The van der Waals surface area contributed by atoms with Gasteiger partial charge in [0.1, 0.15) is 0 Å². The minimum absolute atomic E-state index is 0.264. The van der Waals surface area contributed by atoms with Gasteiger partial charge in [-0.25, -0.2) is 4.79 Å². The first kappa shape index (κ1) is 38.9. The second-order valence-electron chi connectivity index (χ2n) is 11.3. The lowest BCUT2D eigenvalue weighted by Crippen LogP contribution is -2.26. The average Bonchev–Trinajstić information content (AvgIpc) is 2.96. The van der Waals surface area contributed by atoms with Crippen molar-refractivity contribution in [2.75, 3.05) is 0 Å². The van der Waals surface area contributed by atoms with Crippen molar-refractivity contribution < 1.29 is 19.4 Å². The van der Waals surface area contributed by atoms with Crippen molar-refractivity contribution in [1.29, 1.82) is 0 Å². The Balaban J connectivity index is 3.73. The van der Waals surface area contributed by atoms with Crippen molar-refractivity contribution in [1.82, 2.24) is 0 Å². The predicted octanol–water partition coefficient (Wildman–Crippen LogP) is 11.6. The summed E-state index contributed by atoms with van der Waals surface area (Å²) in [7, 11) is 0. The van der Waals surface area contributed by atoms with Crippen LogP contribution in [-0.2, 0) is 14.3 Å². The van der Waals surface area contributed by atoms with E-state index < -0.39 is 18.0 Å². The van der Waals surface area contributed by atoms with Gasteiger partial charge in [-0.3, -0.25) is 4.79 Å². The van der Waals surface area contributed by atoms with Gasteiger partial charge in [0.15, 0.2) is 6.10 Å². The molecule has 41 heavy (non-hydrogen) atoms. The lowest BCUT2D eigenvalue weighted by molar-refractivity contribution is -0.164. The molecule has 0 aromatic carbocycles. The molecule has 0 aliphatic rings. The van der Waals surface area contributed by atoms with E-state index in [-0.39, 0.29) is 6.42 Å². The standard InChI is InChI=1S/C37H64O4/c1-3-5-7-9-11-13-15-17-18-19-20-22-24-26-28-30-32-34-36(38)41-35(37(39)40)33-31-29-27-25-23-21-16-14-12-10-8-6-4-2/h11,13,17-18,20,22,26,28,35H,3-10,12,14-16,19,21,23-25,27,29-34H2,1-2H3,(H,39,40)/b13-11-,18-17-,22-20-,28-26-. The Hall–Kier alpha value is -2.10.